The third-order valence-corrected chi connectivity index (χ3v) is 3.40. The van der Waals surface area contributed by atoms with E-state index in [4.69, 9.17) is 5.73 Å². The second-order valence-electron chi connectivity index (χ2n) is 4.06. The van der Waals surface area contributed by atoms with Crippen molar-refractivity contribution >= 4 is 16.7 Å². The molecule has 0 bridgehead atoms. The Bertz CT molecular complexity index is 233. The fourth-order valence-corrected chi connectivity index (χ4v) is 2.03. The summed E-state index contributed by atoms with van der Waals surface area (Å²) in [5, 5.41) is 2.77. The van der Waals surface area contributed by atoms with E-state index in [1.54, 1.807) is 6.26 Å². The number of amides is 1. The van der Waals surface area contributed by atoms with Crippen molar-refractivity contribution in [3.05, 3.63) is 0 Å². The van der Waals surface area contributed by atoms with Crippen molar-refractivity contribution in [1.29, 1.82) is 0 Å². The highest BCUT2D eigenvalue weighted by Gasteiger charge is 2.20. The molecule has 0 rings (SSSR count). The van der Waals surface area contributed by atoms with Gasteiger partial charge in [-0.1, -0.05) is 20.3 Å². The van der Waals surface area contributed by atoms with Crippen LogP contribution in [0.5, 0.6) is 0 Å². The van der Waals surface area contributed by atoms with Gasteiger partial charge in [0.05, 0.1) is 6.04 Å². The third kappa shape index (κ3) is 5.89. The topological polar surface area (TPSA) is 72.2 Å². The maximum Gasteiger partial charge on any atom is 0.237 e. The van der Waals surface area contributed by atoms with Gasteiger partial charge in [-0.2, -0.15) is 0 Å². The Hall–Kier alpha value is -0.420. The molecule has 0 fully saturated rings. The number of hydrogen-bond donors (Lipinski definition) is 2. The number of nitrogens with two attached hydrogens (primary N) is 1. The zero-order valence-corrected chi connectivity index (χ0v) is 10.8. The second-order valence-corrected chi connectivity index (χ2v) is 5.54. The van der Waals surface area contributed by atoms with Crippen molar-refractivity contribution in [1.82, 2.24) is 5.32 Å². The molecule has 0 aliphatic heterocycles. The molecule has 4 unspecified atom stereocenters. The van der Waals surface area contributed by atoms with Gasteiger partial charge in [-0.15, -0.1) is 0 Å². The molecule has 0 aromatic carbocycles. The maximum atomic E-state index is 11.6. The Labute approximate surface area is 94.4 Å². The van der Waals surface area contributed by atoms with Crippen LogP contribution in [-0.4, -0.2) is 34.2 Å². The van der Waals surface area contributed by atoms with Crippen LogP contribution in [0.3, 0.4) is 0 Å². The van der Waals surface area contributed by atoms with Crippen molar-refractivity contribution in [2.75, 3.05) is 12.0 Å². The van der Waals surface area contributed by atoms with E-state index in [1.807, 2.05) is 20.8 Å². The summed E-state index contributed by atoms with van der Waals surface area (Å²) in [4.78, 5) is 11.6. The lowest BCUT2D eigenvalue weighted by Gasteiger charge is -2.20. The molecule has 4 atom stereocenters. The molecule has 0 saturated carbocycles. The summed E-state index contributed by atoms with van der Waals surface area (Å²) in [5.74, 6) is 0.491. The molecule has 15 heavy (non-hydrogen) atoms. The summed E-state index contributed by atoms with van der Waals surface area (Å²) in [5.41, 5.74) is 5.76. The van der Waals surface area contributed by atoms with Crippen LogP contribution in [0.1, 0.15) is 27.2 Å². The van der Waals surface area contributed by atoms with Crippen molar-refractivity contribution in [2.45, 2.75) is 39.3 Å². The molecule has 3 N–H and O–H groups in total. The lowest BCUT2D eigenvalue weighted by Crippen LogP contribution is -2.48. The van der Waals surface area contributed by atoms with Gasteiger partial charge < -0.3 is 11.1 Å². The van der Waals surface area contributed by atoms with E-state index < -0.39 is 16.8 Å². The van der Waals surface area contributed by atoms with Crippen molar-refractivity contribution in [3.8, 4) is 0 Å². The molecule has 0 aliphatic rings. The van der Waals surface area contributed by atoms with Gasteiger partial charge in [0.2, 0.25) is 5.91 Å². The zero-order valence-electron chi connectivity index (χ0n) is 9.95. The van der Waals surface area contributed by atoms with E-state index in [9.17, 15) is 9.00 Å². The average molecular weight is 234 g/mol. The maximum absolute atomic E-state index is 11.6. The van der Waals surface area contributed by atoms with E-state index in [1.165, 1.54) is 0 Å². The molecule has 4 nitrogen and oxygen atoms in total. The van der Waals surface area contributed by atoms with E-state index in [-0.39, 0.29) is 17.9 Å². The number of carbonyl (C=O) groups is 1. The first-order chi connectivity index (χ1) is 6.88. The molecule has 5 heteroatoms. The molecule has 0 spiro atoms. The van der Waals surface area contributed by atoms with Crippen LogP contribution >= 0.6 is 0 Å². The smallest absolute Gasteiger partial charge is 0.237 e. The Morgan fingerprint density at radius 2 is 2.00 bits per heavy atom. The Balaban J connectivity index is 4.06. The fraction of sp³-hybridized carbons (Fsp3) is 0.900. The van der Waals surface area contributed by atoms with E-state index in [0.717, 1.165) is 6.42 Å². The predicted octanol–water partition coefficient (Wildman–Crippen LogP) is 0.243. The molecule has 1 amide bonds. The first-order valence-electron chi connectivity index (χ1n) is 5.24. The van der Waals surface area contributed by atoms with Crippen LogP contribution in [0.4, 0.5) is 0 Å². The molecular formula is C10H22N2O2S. The number of hydrogen-bond acceptors (Lipinski definition) is 3. The van der Waals surface area contributed by atoms with Crippen molar-refractivity contribution in [3.63, 3.8) is 0 Å². The van der Waals surface area contributed by atoms with Gasteiger partial charge in [0, 0.05) is 28.9 Å². The van der Waals surface area contributed by atoms with Gasteiger partial charge >= 0.3 is 0 Å². The molecule has 0 aromatic heterocycles. The summed E-state index contributed by atoms with van der Waals surface area (Å²) >= 11 is 0. The fourth-order valence-electron chi connectivity index (χ4n) is 1.25. The van der Waals surface area contributed by atoms with Crippen molar-refractivity contribution in [2.24, 2.45) is 11.7 Å². The second kappa shape index (κ2) is 6.95. The summed E-state index contributed by atoms with van der Waals surface area (Å²) in [6.07, 6.45) is 2.50. The molecule has 0 radical (unpaired) electrons. The molecule has 0 aromatic rings. The number of rotatable bonds is 6. The number of carbonyl (C=O) groups excluding carboxylic acids is 1. The molecule has 0 saturated heterocycles. The normalized spacial score (nSPS) is 19.0. The molecular weight excluding hydrogens is 212 g/mol. The molecule has 0 aliphatic carbocycles. The van der Waals surface area contributed by atoms with Crippen LogP contribution in [0.25, 0.3) is 0 Å². The summed E-state index contributed by atoms with van der Waals surface area (Å²) in [6, 6.07) is -0.554. The highest BCUT2D eigenvalue weighted by molar-refractivity contribution is 7.84. The summed E-state index contributed by atoms with van der Waals surface area (Å²) < 4.78 is 10.9. The molecule has 90 valence electrons. The zero-order chi connectivity index (χ0) is 12.0. The first-order valence-corrected chi connectivity index (χ1v) is 6.97. The van der Waals surface area contributed by atoms with Gasteiger partial charge in [0.15, 0.2) is 0 Å². The quantitative estimate of drug-likeness (QED) is 0.691. The minimum absolute atomic E-state index is 0.0848. The first kappa shape index (κ1) is 14.6. The largest absolute Gasteiger partial charge is 0.351 e. The van der Waals surface area contributed by atoms with Gasteiger partial charge in [-0.05, 0) is 12.8 Å². The lowest BCUT2D eigenvalue weighted by molar-refractivity contribution is -0.123. The van der Waals surface area contributed by atoms with E-state index in [0.29, 0.717) is 5.75 Å². The van der Waals surface area contributed by atoms with Gasteiger partial charge in [0.1, 0.15) is 0 Å². The highest BCUT2D eigenvalue weighted by atomic mass is 32.2. The van der Waals surface area contributed by atoms with Crippen LogP contribution in [0.2, 0.25) is 0 Å². The van der Waals surface area contributed by atoms with Gasteiger partial charge in [-0.25, -0.2) is 0 Å². The van der Waals surface area contributed by atoms with Crippen LogP contribution in [0, 0.1) is 5.92 Å². The summed E-state index contributed by atoms with van der Waals surface area (Å²) in [7, 11) is -0.893. The van der Waals surface area contributed by atoms with E-state index in [2.05, 4.69) is 5.32 Å². The predicted molar refractivity (Wildman–Crippen MR) is 64.0 cm³/mol. The number of nitrogens with one attached hydrogen (secondary N) is 1. The SMILES string of the molecule is CCC(C)C(N)C(=O)NC(C)CS(C)=O. The van der Waals surface area contributed by atoms with Crippen LogP contribution in [0.15, 0.2) is 0 Å². The van der Waals surface area contributed by atoms with Crippen LogP contribution in [-0.2, 0) is 15.6 Å². The summed E-state index contributed by atoms with van der Waals surface area (Å²) in [6.45, 7) is 5.79. The Kier molecular flexibility index (Phi) is 6.76. The Morgan fingerprint density at radius 3 is 2.40 bits per heavy atom. The minimum atomic E-state index is -0.893. The van der Waals surface area contributed by atoms with E-state index >= 15 is 0 Å². The van der Waals surface area contributed by atoms with Crippen LogP contribution < -0.4 is 11.1 Å². The third-order valence-electron chi connectivity index (χ3n) is 2.43. The minimum Gasteiger partial charge on any atom is -0.351 e. The van der Waals surface area contributed by atoms with Gasteiger partial charge in [-0.3, -0.25) is 9.00 Å². The van der Waals surface area contributed by atoms with Crippen molar-refractivity contribution < 1.29 is 9.00 Å². The standard InChI is InChI=1S/C10H22N2O2S/c1-5-7(2)9(11)10(13)12-8(3)6-15(4)14/h7-9H,5-6,11H2,1-4H3,(H,12,13). The Morgan fingerprint density at radius 1 is 1.47 bits per heavy atom. The monoisotopic (exact) mass is 234 g/mol. The molecule has 0 heterocycles. The van der Waals surface area contributed by atoms with Gasteiger partial charge in [0.25, 0.3) is 0 Å². The lowest BCUT2D eigenvalue weighted by atomic mass is 9.99. The average Bonchev–Trinajstić information content (AvgIpc) is 2.13. The highest BCUT2D eigenvalue weighted by Crippen LogP contribution is 2.05.